The van der Waals surface area contributed by atoms with E-state index < -0.39 is 0 Å². The van der Waals surface area contributed by atoms with Crippen molar-refractivity contribution in [2.75, 3.05) is 5.75 Å². The lowest BCUT2D eigenvalue weighted by Gasteiger charge is -1.99. The zero-order chi connectivity index (χ0) is 13.3. The molecule has 0 aromatic carbocycles. The van der Waals surface area contributed by atoms with Crippen LogP contribution in [0.5, 0.6) is 0 Å². The summed E-state index contributed by atoms with van der Waals surface area (Å²) in [6, 6.07) is 1.78. The number of halogens is 2. The minimum absolute atomic E-state index is 0.00993. The Morgan fingerprint density at radius 2 is 2.33 bits per heavy atom. The molecule has 0 aliphatic rings. The Hall–Kier alpha value is -0.380. The fraction of sp³-hybridized carbons (Fsp3) is 0.222. The van der Waals surface area contributed by atoms with E-state index in [-0.39, 0.29) is 17.2 Å². The van der Waals surface area contributed by atoms with E-state index >= 15 is 0 Å². The van der Waals surface area contributed by atoms with Gasteiger partial charge in [-0.2, -0.15) is 0 Å². The summed E-state index contributed by atoms with van der Waals surface area (Å²) in [5, 5.41) is 6.65. The highest BCUT2D eigenvalue weighted by Crippen LogP contribution is 2.32. The van der Waals surface area contributed by atoms with E-state index in [1.54, 1.807) is 13.1 Å². The molecule has 0 aliphatic heterocycles. The molecule has 0 fully saturated rings. The van der Waals surface area contributed by atoms with E-state index in [0.717, 1.165) is 7.57 Å². The van der Waals surface area contributed by atoms with Crippen LogP contribution in [-0.2, 0) is 7.05 Å². The van der Waals surface area contributed by atoms with Crippen molar-refractivity contribution in [2.45, 2.75) is 5.16 Å². The number of hydrogen-bond donors (Lipinski definition) is 1. The largest absolute Gasteiger partial charge is 0.343 e. The van der Waals surface area contributed by atoms with Gasteiger partial charge in [0.15, 0.2) is 10.9 Å². The number of Topliss-reactive ketones (excluding diaryl/α,β-unsaturated/α-hetero) is 1. The molecular weight excluding hydrogens is 406 g/mol. The van der Waals surface area contributed by atoms with Crippen LogP contribution in [0.2, 0.25) is 0 Å². The number of ketones is 1. The van der Waals surface area contributed by atoms with Crippen molar-refractivity contribution >= 4 is 60.7 Å². The van der Waals surface area contributed by atoms with Crippen molar-refractivity contribution in [3.05, 3.63) is 29.7 Å². The van der Waals surface area contributed by atoms with Crippen LogP contribution in [0.25, 0.3) is 0 Å². The normalized spacial score (nSPS) is 10.8. The van der Waals surface area contributed by atoms with Crippen LogP contribution in [0.1, 0.15) is 10.4 Å². The van der Waals surface area contributed by atoms with Crippen molar-refractivity contribution in [1.82, 2.24) is 14.8 Å². The van der Waals surface area contributed by atoms with Gasteiger partial charge < -0.3 is 0 Å². The number of aromatic nitrogens is 3. The van der Waals surface area contributed by atoms with Gasteiger partial charge in [0.05, 0.1) is 13.3 Å². The average Bonchev–Trinajstić information content (AvgIpc) is 2.81. The number of nitrogens with one attached hydrogen (secondary N) is 1. The third kappa shape index (κ3) is 2.95. The SMILES string of the molecule is Cn1c(SCC(=O)c2cc(Br)sc2Br)n[nH]c1=O. The van der Waals surface area contributed by atoms with E-state index in [1.807, 2.05) is 0 Å². The number of aromatic amines is 1. The summed E-state index contributed by atoms with van der Waals surface area (Å²) in [5.74, 6) is 0.226. The van der Waals surface area contributed by atoms with Crippen LogP contribution in [0, 0.1) is 0 Å². The molecule has 2 rings (SSSR count). The quantitative estimate of drug-likeness (QED) is 0.619. The van der Waals surface area contributed by atoms with E-state index in [9.17, 15) is 9.59 Å². The Balaban J connectivity index is 2.07. The Morgan fingerprint density at radius 1 is 1.61 bits per heavy atom. The van der Waals surface area contributed by atoms with Crippen LogP contribution in [0.3, 0.4) is 0 Å². The highest BCUT2D eigenvalue weighted by atomic mass is 79.9. The van der Waals surface area contributed by atoms with Crippen molar-refractivity contribution in [3.63, 3.8) is 0 Å². The fourth-order valence-electron chi connectivity index (χ4n) is 1.20. The molecule has 2 aromatic rings. The van der Waals surface area contributed by atoms with Gasteiger partial charge in [-0.05, 0) is 37.9 Å². The van der Waals surface area contributed by atoms with Gasteiger partial charge in [-0.15, -0.1) is 16.4 Å². The lowest BCUT2D eigenvalue weighted by Crippen LogP contribution is -2.13. The molecule has 0 bridgehead atoms. The molecule has 0 atom stereocenters. The molecule has 0 amide bonds. The first-order valence-corrected chi connectivity index (χ1v) is 8.10. The number of thioether (sulfide) groups is 1. The highest BCUT2D eigenvalue weighted by Gasteiger charge is 2.15. The summed E-state index contributed by atoms with van der Waals surface area (Å²) >= 11 is 9.35. The van der Waals surface area contributed by atoms with Gasteiger partial charge in [0.25, 0.3) is 0 Å². The number of hydrogen-bond acceptors (Lipinski definition) is 5. The highest BCUT2D eigenvalue weighted by molar-refractivity contribution is 9.12. The van der Waals surface area contributed by atoms with E-state index in [2.05, 4.69) is 42.1 Å². The zero-order valence-corrected chi connectivity index (χ0v) is 13.9. The number of rotatable bonds is 4. The van der Waals surface area contributed by atoms with Crippen LogP contribution in [0.15, 0.2) is 23.6 Å². The van der Waals surface area contributed by atoms with Crippen LogP contribution in [0.4, 0.5) is 0 Å². The average molecular weight is 413 g/mol. The minimum Gasteiger partial charge on any atom is -0.293 e. The summed E-state index contributed by atoms with van der Waals surface area (Å²) in [4.78, 5) is 23.1. The Labute approximate surface area is 127 Å². The molecule has 0 aliphatic carbocycles. The molecular formula is C9H7Br2N3O2S2. The predicted octanol–water partition coefficient (Wildman–Crippen LogP) is 2.67. The summed E-state index contributed by atoms with van der Waals surface area (Å²) < 4.78 is 3.07. The Bertz CT molecular complexity index is 647. The lowest BCUT2D eigenvalue weighted by atomic mass is 10.2. The Morgan fingerprint density at radius 3 is 2.83 bits per heavy atom. The van der Waals surface area contributed by atoms with Crippen molar-refractivity contribution in [3.8, 4) is 0 Å². The summed E-state index contributed by atoms with van der Waals surface area (Å²) in [5.41, 5.74) is 0.351. The Kier molecular flexibility index (Phi) is 4.46. The molecule has 18 heavy (non-hydrogen) atoms. The van der Waals surface area contributed by atoms with Gasteiger partial charge in [0, 0.05) is 12.6 Å². The third-order valence-electron chi connectivity index (χ3n) is 2.13. The smallest absolute Gasteiger partial charge is 0.293 e. The third-order valence-corrected chi connectivity index (χ3v) is 5.50. The zero-order valence-electron chi connectivity index (χ0n) is 9.07. The topological polar surface area (TPSA) is 67.8 Å². The fourth-order valence-corrected chi connectivity index (χ4v) is 4.86. The predicted molar refractivity (Wildman–Crippen MR) is 78.6 cm³/mol. The van der Waals surface area contributed by atoms with Gasteiger partial charge in [-0.3, -0.25) is 9.36 Å². The first-order chi connectivity index (χ1) is 8.49. The molecule has 0 saturated heterocycles. The van der Waals surface area contributed by atoms with Crippen molar-refractivity contribution in [1.29, 1.82) is 0 Å². The van der Waals surface area contributed by atoms with Crippen LogP contribution in [-0.4, -0.2) is 26.3 Å². The lowest BCUT2D eigenvalue weighted by molar-refractivity contribution is 0.102. The number of carbonyl (C=O) groups is 1. The standard InChI is InChI=1S/C9H7Br2N3O2S2/c1-14-8(16)12-13-9(14)17-3-5(15)4-2-6(10)18-7(4)11/h2H,3H2,1H3,(H,12,16). The molecule has 2 aromatic heterocycles. The van der Waals surface area contributed by atoms with Gasteiger partial charge in [-0.25, -0.2) is 9.89 Å². The summed E-state index contributed by atoms with van der Waals surface area (Å²) in [6.07, 6.45) is 0. The maximum atomic E-state index is 12.0. The number of H-pyrrole nitrogens is 1. The molecule has 9 heteroatoms. The van der Waals surface area contributed by atoms with E-state index in [0.29, 0.717) is 10.7 Å². The summed E-state index contributed by atoms with van der Waals surface area (Å²) in [6.45, 7) is 0. The molecule has 5 nitrogen and oxygen atoms in total. The second kappa shape index (κ2) is 5.72. The monoisotopic (exact) mass is 411 g/mol. The number of nitrogens with zero attached hydrogens (tertiary/aromatic N) is 2. The van der Waals surface area contributed by atoms with Crippen LogP contribution >= 0.6 is 55.0 Å². The molecule has 0 radical (unpaired) electrons. The number of carbonyl (C=O) groups excluding carboxylic acids is 1. The van der Waals surface area contributed by atoms with Crippen LogP contribution < -0.4 is 5.69 Å². The van der Waals surface area contributed by atoms with Crippen molar-refractivity contribution < 1.29 is 4.79 Å². The molecule has 2 heterocycles. The molecule has 0 spiro atoms. The first-order valence-electron chi connectivity index (χ1n) is 4.71. The van der Waals surface area contributed by atoms with E-state index in [1.165, 1.54) is 27.7 Å². The number of thiophene rings is 1. The second-order valence-corrected chi connectivity index (χ2v) is 8.01. The first kappa shape index (κ1) is 14.0. The van der Waals surface area contributed by atoms with E-state index in [4.69, 9.17) is 0 Å². The minimum atomic E-state index is -0.288. The van der Waals surface area contributed by atoms with Crippen molar-refractivity contribution in [2.24, 2.45) is 7.05 Å². The van der Waals surface area contributed by atoms with Gasteiger partial charge in [0.1, 0.15) is 0 Å². The maximum absolute atomic E-state index is 12.0. The molecule has 0 saturated carbocycles. The second-order valence-electron chi connectivity index (χ2n) is 3.32. The van der Waals surface area contributed by atoms with Gasteiger partial charge in [-0.1, -0.05) is 11.8 Å². The molecule has 1 N–H and O–H groups in total. The van der Waals surface area contributed by atoms with Gasteiger partial charge >= 0.3 is 5.69 Å². The summed E-state index contributed by atoms with van der Waals surface area (Å²) in [7, 11) is 1.61. The maximum Gasteiger partial charge on any atom is 0.343 e. The molecule has 0 unspecified atom stereocenters. The molecule has 96 valence electrons. The van der Waals surface area contributed by atoms with Gasteiger partial charge in [0.2, 0.25) is 0 Å².